The Morgan fingerprint density at radius 3 is 2.68 bits per heavy atom. The molecular weight excluding hydrogens is 336 g/mol. The summed E-state index contributed by atoms with van der Waals surface area (Å²) in [6.07, 6.45) is 0.107. The molecule has 1 fully saturated rings. The van der Waals surface area contributed by atoms with Crippen molar-refractivity contribution in [3.05, 3.63) is 28.7 Å². The molecule has 1 saturated heterocycles. The molecule has 0 radical (unpaired) electrons. The monoisotopic (exact) mass is 348 g/mol. The zero-order valence-corrected chi connectivity index (χ0v) is 12.3. The number of hydrogen-bond donors (Lipinski definition) is 2. The molecule has 0 aliphatic carbocycles. The van der Waals surface area contributed by atoms with Crippen LogP contribution in [0.4, 0.5) is 0 Å². The number of carboxylic acids is 1. The molecule has 1 aromatic rings. The molecule has 1 atom stereocenters. The molecule has 0 bridgehead atoms. The summed E-state index contributed by atoms with van der Waals surface area (Å²) in [5, 5.41) is 9.02. The first-order chi connectivity index (χ1) is 8.75. The first-order valence-corrected chi connectivity index (χ1v) is 7.77. The highest BCUT2D eigenvalue weighted by atomic mass is 79.9. The number of hydrogen-bond acceptors (Lipinski definition) is 4. The Kier molecular flexibility index (Phi) is 3.69. The van der Waals surface area contributed by atoms with E-state index in [2.05, 4.69) is 15.9 Å². The Hall–Kier alpha value is -0.960. The summed E-state index contributed by atoms with van der Waals surface area (Å²) in [5.74, 6) is -1.18. The lowest BCUT2D eigenvalue weighted by atomic mass is 10.0. The minimum atomic E-state index is -3.71. The standard InChI is InChI=1S/C11H13BrN2O4S/c12-8-2-1-3-9(6-8)19(17,18)14-5-4-11(13,7-14)10(15)16/h1-3,6H,4-5,7,13H2,(H,15,16). The maximum absolute atomic E-state index is 12.4. The molecular formula is C11H13BrN2O4S. The molecule has 1 heterocycles. The van der Waals surface area contributed by atoms with Crippen molar-refractivity contribution in [2.24, 2.45) is 5.73 Å². The topological polar surface area (TPSA) is 101 Å². The van der Waals surface area contributed by atoms with Gasteiger partial charge in [-0.2, -0.15) is 4.31 Å². The Bertz CT molecular complexity index is 619. The Morgan fingerprint density at radius 1 is 1.47 bits per heavy atom. The average molecular weight is 349 g/mol. The van der Waals surface area contributed by atoms with E-state index in [-0.39, 0.29) is 24.4 Å². The van der Waals surface area contributed by atoms with Crippen molar-refractivity contribution in [2.45, 2.75) is 16.9 Å². The Morgan fingerprint density at radius 2 is 2.16 bits per heavy atom. The number of nitrogens with zero attached hydrogens (tertiary/aromatic N) is 1. The fourth-order valence-corrected chi connectivity index (χ4v) is 4.06. The van der Waals surface area contributed by atoms with E-state index in [0.29, 0.717) is 4.47 Å². The molecule has 0 saturated carbocycles. The summed E-state index contributed by atoms with van der Waals surface area (Å²) in [4.78, 5) is 11.2. The van der Waals surface area contributed by atoms with Crippen LogP contribution in [0.5, 0.6) is 0 Å². The molecule has 19 heavy (non-hydrogen) atoms. The van der Waals surface area contributed by atoms with Gasteiger partial charge in [0.25, 0.3) is 0 Å². The molecule has 3 N–H and O–H groups in total. The zero-order chi connectivity index (χ0) is 14.3. The van der Waals surface area contributed by atoms with Gasteiger partial charge >= 0.3 is 5.97 Å². The summed E-state index contributed by atoms with van der Waals surface area (Å²) >= 11 is 3.21. The van der Waals surface area contributed by atoms with E-state index < -0.39 is 21.5 Å². The lowest BCUT2D eigenvalue weighted by Crippen LogP contribution is -2.50. The van der Waals surface area contributed by atoms with Crippen molar-refractivity contribution in [1.82, 2.24) is 4.31 Å². The second-order valence-electron chi connectivity index (χ2n) is 4.51. The van der Waals surface area contributed by atoms with Crippen LogP contribution in [0.25, 0.3) is 0 Å². The lowest BCUT2D eigenvalue weighted by molar-refractivity contribution is -0.142. The number of halogens is 1. The lowest BCUT2D eigenvalue weighted by Gasteiger charge is -2.20. The van der Waals surface area contributed by atoms with Crippen LogP contribution in [-0.4, -0.2) is 42.4 Å². The third kappa shape index (κ3) is 2.66. The zero-order valence-electron chi connectivity index (χ0n) is 9.91. The maximum atomic E-state index is 12.4. The summed E-state index contributed by atoms with van der Waals surface area (Å²) < 4.78 is 26.5. The summed E-state index contributed by atoms with van der Waals surface area (Å²) in [7, 11) is -3.71. The van der Waals surface area contributed by atoms with Crippen LogP contribution in [0.3, 0.4) is 0 Å². The normalized spacial score (nSPS) is 24.5. The molecule has 0 amide bonds. The smallest absolute Gasteiger partial charge is 0.325 e. The quantitative estimate of drug-likeness (QED) is 0.833. The summed E-state index contributed by atoms with van der Waals surface area (Å²) in [6, 6.07) is 6.28. The van der Waals surface area contributed by atoms with Gasteiger partial charge in [-0.15, -0.1) is 0 Å². The van der Waals surface area contributed by atoms with Gasteiger partial charge in [0.15, 0.2) is 0 Å². The molecule has 1 unspecified atom stereocenters. The van der Waals surface area contributed by atoms with Gasteiger partial charge in [-0.3, -0.25) is 4.79 Å². The second kappa shape index (κ2) is 4.86. The molecule has 8 heteroatoms. The van der Waals surface area contributed by atoms with E-state index in [0.717, 1.165) is 4.31 Å². The van der Waals surface area contributed by atoms with Crippen molar-refractivity contribution in [2.75, 3.05) is 13.1 Å². The van der Waals surface area contributed by atoms with E-state index in [9.17, 15) is 13.2 Å². The van der Waals surface area contributed by atoms with Crippen LogP contribution >= 0.6 is 15.9 Å². The summed E-state index contributed by atoms with van der Waals surface area (Å²) in [5.41, 5.74) is 4.18. The predicted molar refractivity (Wildman–Crippen MR) is 72.1 cm³/mol. The first kappa shape index (κ1) is 14.4. The van der Waals surface area contributed by atoms with Crippen molar-refractivity contribution in [3.8, 4) is 0 Å². The van der Waals surface area contributed by atoms with Crippen LogP contribution < -0.4 is 5.73 Å². The van der Waals surface area contributed by atoms with Crippen LogP contribution in [-0.2, 0) is 14.8 Å². The van der Waals surface area contributed by atoms with Gasteiger partial charge in [-0.1, -0.05) is 22.0 Å². The number of aliphatic carboxylic acids is 1. The SMILES string of the molecule is NC1(C(=O)O)CCN(S(=O)(=O)c2cccc(Br)c2)C1. The molecule has 0 aromatic heterocycles. The number of nitrogens with two attached hydrogens (primary N) is 1. The molecule has 0 spiro atoms. The van der Waals surface area contributed by atoms with E-state index >= 15 is 0 Å². The summed E-state index contributed by atoms with van der Waals surface area (Å²) in [6.45, 7) is -0.102. The van der Waals surface area contributed by atoms with Gasteiger partial charge in [0.05, 0.1) is 4.90 Å². The molecule has 1 aliphatic heterocycles. The predicted octanol–water partition coefficient (Wildman–Crippen LogP) is 0.626. The van der Waals surface area contributed by atoms with Gasteiger partial charge in [0, 0.05) is 17.6 Å². The molecule has 2 rings (SSSR count). The number of sulfonamides is 1. The van der Waals surface area contributed by atoms with E-state index in [1.807, 2.05) is 0 Å². The van der Waals surface area contributed by atoms with Crippen molar-refractivity contribution in [1.29, 1.82) is 0 Å². The van der Waals surface area contributed by atoms with E-state index in [1.165, 1.54) is 12.1 Å². The highest BCUT2D eigenvalue weighted by Crippen LogP contribution is 2.27. The van der Waals surface area contributed by atoms with Crippen molar-refractivity contribution < 1.29 is 18.3 Å². The highest BCUT2D eigenvalue weighted by molar-refractivity contribution is 9.10. The fraction of sp³-hybridized carbons (Fsp3) is 0.364. The van der Waals surface area contributed by atoms with Gasteiger partial charge in [-0.05, 0) is 24.6 Å². The van der Waals surface area contributed by atoms with Crippen LogP contribution in [0.2, 0.25) is 0 Å². The number of carbonyl (C=O) groups is 1. The van der Waals surface area contributed by atoms with Gasteiger partial charge in [0.2, 0.25) is 10.0 Å². The molecule has 1 aliphatic rings. The minimum absolute atomic E-state index is 0.107. The largest absolute Gasteiger partial charge is 0.480 e. The number of benzene rings is 1. The van der Waals surface area contributed by atoms with Crippen LogP contribution in [0.1, 0.15) is 6.42 Å². The fourth-order valence-electron chi connectivity index (χ4n) is 1.95. The van der Waals surface area contributed by atoms with Crippen LogP contribution in [0, 0.1) is 0 Å². The van der Waals surface area contributed by atoms with Crippen molar-refractivity contribution in [3.63, 3.8) is 0 Å². The highest BCUT2D eigenvalue weighted by Gasteiger charge is 2.45. The van der Waals surface area contributed by atoms with Gasteiger partial charge in [-0.25, -0.2) is 8.42 Å². The number of carboxylic acid groups (broad SMARTS) is 1. The third-order valence-electron chi connectivity index (χ3n) is 3.13. The van der Waals surface area contributed by atoms with Crippen LogP contribution in [0.15, 0.2) is 33.6 Å². The third-order valence-corrected chi connectivity index (χ3v) is 5.46. The Labute approximate surface area is 119 Å². The van der Waals surface area contributed by atoms with Crippen molar-refractivity contribution >= 4 is 31.9 Å². The van der Waals surface area contributed by atoms with Gasteiger partial charge < -0.3 is 10.8 Å². The van der Waals surface area contributed by atoms with E-state index in [4.69, 9.17) is 10.8 Å². The molecule has 6 nitrogen and oxygen atoms in total. The molecule has 1 aromatic carbocycles. The number of rotatable bonds is 3. The maximum Gasteiger partial charge on any atom is 0.325 e. The van der Waals surface area contributed by atoms with E-state index in [1.54, 1.807) is 12.1 Å². The second-order valence-corrected chi connectivity index (χ2v) is 7.36. The average Bonchev–Trinajstić information content (AvgIpc) is 2.74. The first-order valence-electron chi connectivity index (χ1n) is 5.54. The minimum Gasteiger partial charge on any atom is -0.480 e. The molecule has 104 valence electrons. The Balaban J connectivity index is 2.31. The van der Waals surface area contributed by atoms with Gasteiger partial charge in [0.1, 0.15) is 5.54 Å².